The Morgan fingerprint density at radius 2 is 1.88 bits per heavy atom. The maximum absolute atomic E-state index is 11.5. The first-order chi connectivity index (χ1) is 12.6. The number of esters is 1. The molecule has 26 heavy (non-hydrogen) atoms. The summed E-state index contributed by atoms with van der Waals surface area (Å²) >= 11 is 0. The third kappa shape index (κ3) is 3.64. The summed E-state index contributed by atoms with van der Waals surface area (Å²) in [5, 5.41) is 0. The minimum Gasteiger partial charge on any atom is -0.495 e. The van der Waals surface area contributed by atoms with E-state index in [0.717, 1.165) is 0 Å². The lowest BCUT2D eigenvalue weighted by molar-refractivity contribution is -0.139. The van der Waals surface area contributed by atoms with E-state index in [2.05, 4.69) is 19.7 Å². The zero-order valence-electron chi connectivity index (χ0n) is 14.6. The van der Waals surface area contributed by atoms with Crippen molar-refractivity contribution >= 4 is 17.0 Å². The Kier molecular flexibility index (Phi) is 5.12. The van der Waals surface area contributed by atoms with Crippen molar-refractivity contribution in [2.24, 2.45) is 0 Å². The highest BCUT2D eigenvalue weighted by molar-refractivity contribution is 5.81. The predicted molar refractivity (Wildman–Crippen MR) is 92.7 cm³/mol. The number of hydrogen-bond donors (Lipinski definition) is 0. The summed E-state index contributed by atoms with van der Waals surface area (Å²) in [6.45, 7) is 0. The van der Waals surface area contributed by atoms with Gasteiger partial charge >= 0.3 is 5.97 Å². The van der Waals surface area contributed by atoms with Crippen LogP contribution >= 0.6 is 0 Å². The van der Waals surface area contributed by atoms with Crippen LogP contribution < -0.4 is 14.2 Å². The molecule has 3 aromatic rings. The Bertz CT molecular complexity index is 945. The van der Waals surface area contributed by atoms with Gasteiger partial charge in [0.25, 0.3) is 0 Å². The maximum Gasteiger partial charge on any atom is 0.311 e. The van der Waals surface area contributed by atoms with Gasteiger partial charge in [-0.05, 0) is 6.07 Å². The second-order valence-electron chi connectivity index (χ2n) is 5.21. The summed E-state index contributed by atoms with van der Waals surface area (Å²) < 4.78 is 21.0. The van der Waals surface area contributed by atoms with Gasteiger partial charge in [-0.2, -0.15) is 0 Å². The zero-order valence-corrected chi connectivity index (χ0v) is 14.6. The van der Waals surface area contributed by atoms with Gasteiger partial charge in [0.05, 0.1) is 45.2 Å². The first-order valence-electron chi connectivity index (χ1n) is 7.72. The monoisotopic (exact) mass is 355 g/mol. The van der Waals surface area contributed by atoms with Gasteiger partial charge in [-0.1, -0.05) is 0 Å². The number of fused-ring (bicyclic) bond motifs is 1. The average Bonchev–Trinajstić information content (AvgIpc) is 2.68. The molecule has 0 fully saturated rings. The highest BCUT2D eigenvalue weighted by Gasteiger charge is 2.14. The molecule has 0 atom stereocenters. The second-order valence-corrected chi connectivity index (χ2v) is 5.21. The molecule has 0 aliphatic carbocycles. The highest BCUT2D eigenvalue weighted by atomic mass is 16.5. The van der Waals surface area contributed by atoms with Crippen molar-refractivity contribution in [2.45, 2.75) is 6.42 Å². The molecule has 0 aliphatic heterocycles. The van der Waals surface area contributed by atoms with Gasteiger partial charge in [0, 0.05) is 24.4 Å². The number of aromatic nitrogens is 3. The number of carbonyl (C=O) groups is 1. The largest absolute Gasteiger partial charge is 0.495 e. The third-order valence-electron chi connectivity index (χ3n) is 3.62. The fraction of sp³-hybridized carbons (Fsp3) is 0.222. The summed E-state index contributed by atoms with van der Waals surface area (Å²) in [7, 11) is 4.36. The van der Waals surface area contributed by atoms with Crippen LogP contribution in [0.2, 0.25) is 0 Å². The minimum atomic E-state index is -0.402. The molecule has 3 aromatic heterocycles. The molecular formula is C18H17N3O5. The van der Waals surface area contributed by atoms with E-state index < -0.39 is 5.97 Å². The predicted octanol–water partition coefficient (Wildman–Crippen LogP) is 2.55. The van der Waals surface area contributed by atoms with Gasteiger partial charge in [0.15, 0.2) is 5.75 Å². The number of ether oxygens (including phenoxy) is 4. The smallest absolute Gasteiger partial charge is 0.311 e. The van der Waals surface area contributed by atoms with Crippen LogP contribution in [0, 0.1) is 0 Å². The second kappa shape index (κ2) is 7.64. The SMILES string of the molecule is COC(=O)Cc1ncc(Oc2ccnc3ccc(OC)nc23)cc1OC. The average molecular weight is 355 g/mol. The first-order valence-corrected chi connectivity index (χ1v) is 7.72. The Hall–Kier alpha value is -3.42. The molecule has 0 aromatic carbocycles. The number of carbonyl (C=O) groups excluding carboxylic acids is 1. The van der Waals surface area contributed by atoms with E-state index >= 15 is 0 Å². The summed E-state index contributed by atoms with van der Waals surface area (Å²) in [6.07, 6.45) is 3.15. The van der Waals surface area contributed by atoms with E-state index in [1.807, 2.05) is 0 Å². The fourth-order valence-corrected chi connectivity index (χ4v) is 2.34. The summed E-state index contributed by atoms with van der Waals surface area (Å²) in [6, 6.07) is 6.87. The van der Waals surface area contributed by atoms with Crippen molar-refractivity contribution in [3.8, 4) is 23.1 Å². The van der Waals surface area contributed by atoms with Crippen LogP contribution in [0.15, 0.2) is 36.7 Å². The van der Waals surface area contributed by atoms with E-state index in [0.29, 0.717) is 39.9 Å². The molecule has 0 spiro atoms. The molecule has 0 saturated heterocycles. The molecule has 0 saturated carbocycles. The molecule has 8 heteroatoms. The third-order valence-corrected chi connectivity index (χ3v) is 3.62. The maximum atomic E-state index is 11.5. The van der Waals surface area contributed by atoms with Crippen LogP contribution in [0.4, 0.5) is 0 Å². The molecule has 0 amide bonds. The van der Waals surface area contributed by atoms with Crippen molar-refractivity contribution in [1.82, 2.24) is 15.0 Å². The Balaban J connectivity index is 1.93. The van der Waals surface area contributed by atoms with E-state index in [1.165, 1.54) is 20.4 Å². The van der Waals surface area contributed by atoms with Gasteiger partial charge in [-0.3, -0.25) is 14.8 Å². The highest BCUT2D eigenvalue weighted by Crippen LogP contribution is 2.31. The first kappa shape index (κ1) is 17.4. The molecule has 3 heterocycles. The number of nitrogens with zero attached hydrogens (tertiary/aromatic N) is 3. The van der Waals surface area contributed by atoms with Crippen LogP contribution in [-0.2, 0) is 16.0 Å². The number of methoxy groups -OCH3 is 3. The van der Waals surface area contributed by atoms with Gasteiger partial charge in [0.2, 0.25) is 5.88 Å². The summed E-state index contributed by atoms with van der Waals surface area (Å²) in [5.74, 6) is 1.42. The minimum absolute atomic E-state index is 0.0108. The van der Waals surface area contributed by atoms with Crippen LogP contribution in [0.1, 0.15) is 5.69 Å². The Labute approximate surface area is 149 Å². The lowest BCUT2D eigenvalue weighted by atomic mass is 10.2. The Morgan fingerprint density at radius 1 is 1.04 bits per heavy atom. The van der Waals surface area contributed by atoms with Crippen molar-refractivity contribution < 1.29 is 23.7 Å². The van der Waals surface area contributed by atoms with Crippen molar-refractivity contribution in [3.63, 3.8) is 0 Å². The lowest BCUT2D eigenvalue weighted by Gasteiger charge is -2.11. The van der Waals surface area contributed by atoms with Gasteiger partial charge < -0.3 is 18.9 Å². The molecule has 3 rings (SSSR count). The zero-order chi connectivity index (χ0) is 18.5. The van der Waals surface area contributed by atoms with Crippen molar-refractivity contribution in [2.75, 3.05) is 21.3 Å². The fourth-order valence-electron chi connectivity index (χ4n) is 2.34. The molecular weight excluding hydrogens is 338 g/mol. The standard InChI is InChI=1S/C18H17N3O5/c1-23-15-8-11(10-20-13(15)9-17(22)25-3)26-14-6-7-19-12-4-5-16(24-2)21-18(12)14/h4-8,10H,9H2,1-3H3. The van der Waals surface area contributed by atoms with Gasteiger partial charge in [0.1, 0.15) is 17.0 Å². The lowest BCUT2D eigenvalue weighted by Crippen LogP contribution is -2.07. The van der Waals surface area contributed by atoms with Crippen molar-refractivity contribution in [3.05, 3.63) is 42.4 Å². The summed E-state index contributed by atoms with van der Waals surface area (Å²) in [4.78, 5) is 24.3. The van der Waals surface area contributed by atoms with Gasteiger partial charge in [-0.15, -0.1) is 0 Å². The molecule has 0 radical (unpaired) electrons. The van der Waals surface area contributed by atoms with E-state index in [4.69, 9.17) is 14.2 Å². The number of pyridine rings is 3. The molecule has 0 N–H and O–H groups in total. The van der Waals surface area contributed by atoms with E-state index in [9.17, 15) is 4.79 Å². The summed E-state index contributed by atoms with van der Waals surface area (Å²) in [5.41, 5.74) is 1.70. The van der Waals surface area contributed by atoms with Crippen LogP contribution in [-0.4, -0.2) is 42.3 Å². The number of hydrogen-bond acceptors (Lipinski definition) is 8. The van der Waals surface area contributed by atoms with Crippen LogP contribution in [0.25, 0.3) is 11.0 Å². The van der Waals surface area contributed by atoms with E-state index in [1.54, 1.807) is 37.6 Å². The molecule has 0 bridgehead atoms. The van der Waals surface area contributed by atoms with Crippen molar-refractivity contribution in [1.29, 1.82) is 0 Å². The normalized spacial score (nSPS) is 10.4. The number of rotatable bonds is 6. The Morgan fingerprint density at radius 3 is 2.62 bits per heavy atom. The molecule has 0 aliphatic rings. The quantitative estimate of drug-likeness (QED) is 0.623. The van der Waals surface area contributed by atoms with Crippen LogP contribution in [0.3, 0.4) is 0 Å². The molecule has 8 nitrogen and oxygen atoms in total. The topological polar surface area (TPSA) is 92.7 Å². The van der Waals surface area contributed by atoms with E-state index in [-0.39, 0.29) is 6.42 Å². The molecule has 134 valence electrons. The van der Waals surface area contributed by atoms with Gasteiger partial charge in [-0.25, -0.2) is 4.98 Å². The van der Waals surface area contributed by atoms with Crippen LogP contribution in [0.5, 0.6) is 23.1 Å². The molecule has 0 unspecified atom stereocenters.